The Bertz CT molecular complexity index is 151. The van der Waals surface area contributed by atoms with E-state index in [0.29, 0.717) is 0 Å². The summed E-state index contributed by atoms with van der Waals surface area (Å²) < 4.78 is 6.36. The Hall–Kier alpha value is 0.394. The van der Waals surface area contributed by atoms with Crippen LogP contribution >= 0.6 is 0 Å². The van der Waals surface area contributed by atoms with Gasteiger partial charge in [0.15, 0.2) is 17.4 Å². The average molecular weight is 279 g/mol. The van der Waals surface area contributed by atoms with Gasteiger partial charge in [-0.25, -0.2) is 0 Å². The summed E-state index contributed by atoms with van der Waals surface area (Å²) in [5.41, 5.74) is 0. The Morgan fingerprint density at radius 1 is 0.882 bits per heavy atom. The van der Waals surface area contributed by atoms with Crippen molar-refractivity contribution in [2.45, 2.75) is 92.5 Å². The summed E-state index contributed by atoms with van der Waals surface area (Å²) in [4.78, 5) is 0. The van der Waals surface area contributed by atoms with Crippen LogP contribution in [0.3, 0.4) is 0 Å². The minimum atomic E-state index is -1.31. The van der Waals surface area contributed by atoms with Crippen molar-refractivity contribution >= 4 is 17.4 Å². The molecule has 0 aliphatic carbocycles. The van der Waals surface area contributed by atoms with Gasteiger partial charge in [0.05, 0.1) is 0 Å². The molecule has 0 aromatic heterocycles. The third-order valence-electron chi connectivity index (χ3n) is 2.89. The Morgan fingerprint density at radius 3 is 1.76 bits per heavy atom. The van der Waals surface area contributed by atoms with Gasteiger partial charge in [-0.3, -0.25) is 0 Å². The van der Waals surface area contributed by atoms with Crippen molar-refractivity contribution in [3.8, 4) is 0 Å². The van der Waals surface area contributed by atoms with Crippen LogP contribution in [0.4, 0.5) is 0 Å². The first kappa shape index (κ1) is 22.6. The van der Waals surface area contributed by atoms with Crippen molar-refractivity contribution < 1.29 is 4.12 Å². The van der Waals surface area contributed by atoms with E-state index >= 15 is 0 Å². The lowest BCUT2D eigenvalue weighted by atomic mass is 10.3. The lowest BCUT2D eigenvalue weighted by molar-refractivity contribution is 0.544. The van der Waals surface area contributed by atoms with Crippen LogP contribution in [-0.4, -0.2) is 17.4 Å². The van der Waals surface area contributed by atoms with Crippen molar-refractivity contribution in [2.24, 2.45) is 0 Å². The number of hydrogen-bond acceptors (Lipinski definition) is 1. The van der Waals surface area contributed by atoms with Crippen LogP contribution in [-0.2, 0) is 4.12 Å². The first-order chi connectivity index (χ1) is 7.04. The lowest BCUT2D eigenvalue weighted by Crippen LogP contribution is -2.38. The fourth-order valence-electron chi connectivity index (χ4n) is 2.11. The maximum Gasteiger partial charge on any atom is 0.176 e. The topological polar surface area (TPSA) is 9.23 Å². The molecule has 0 aliphatic rings. The predicted octanol–water partition coefficient (Wildman–Crippen LogP) is 5.82. The molecule has 0 aromatic carbocycles. The Labute approximate surface area is 114 Å². The van der Waals surface area contributed by atoms with E-state index in [2.05, 4.69) is 33.5 Å². The minimum absolute atomic E-state index is 0. The van der Waals surface area contributed by atoms with E-state index in [4.69, 9.17) is 4.12 Å². The molecule has 0 rings (SSSR count). The summed E-state index contributed by atoms with van der Waals surface area (Å²) in [6.07, 6.45) is 6.80. The zero-order valence-electron chi connectivity index (χ0n) is 11.4. The summed E-state index contributed by atoms with van der Waals surface area (Å²) >= 11 is 0. The largest absolute Gasteiger partial charge is 0.458 e. The molecular formula is C14H38OSi2. The zero-order valence-corrected chi connectivity index (χ0v) is 13.6. The molecule has 0 N–H and O–H groups in total. The molecular weight excluding hydrogens is 240 g/mol. The van der Waals surface area contributed by atoms with Crippen molar-refractivity contribution in [2.75, 3.05) is 0 Å². The maximum absolute atomic E-state index is 6.36. The minimum Gasteiger partial charge on any atom is -0.458 e. The molecule has 0 spiro atoms. The van der Waals surface area contributed by atoms with Crippen LogP contribution < -0.4 is 0 Å². The van der Waals surface area contributed by atoms with Crippen molar-refractivity contribution in [3.63, 3.8) is 0 Å². The van der Waals surface area contributed by atoms with Crippen molar-refractivity contribution in [1.82, 2.24) is 0 Å². The molecule has 0 heterocycles. The average Bonchev–Trinajstić information content (AvgIpc) is 2.14. The molecule has 0 amide bonds. The van der Waals surface area contributed by atoms with Crippen LogP contribution in [0.5, 0.6) is 0 Å². The summed E-state index contributed by atoms with van der Waals surface area (Å²) in [7, 11) is -2.14. The second-order valence-electron chi connectivity index (χ2n) is 5.18. The fraction of sp³-hybridized carbons (Fsp3) is 1.00. The SMILES string of the molecule is C.C.CCCCC[Si](C)(CCCC)O[SiH](C)C. The highest BCUT2D eigenvalue weighted by molar-refractivity contribution is 6.78. The molecule has 3 heteroatoms. The monoisotopic (exact) mass is 278 g/mol. The molecule has 1 nitrogen and oxygen atoms in total. The van der Waals surface area contributed by atoms with Crippen LogP contribution in [0.15, 0.2) is 0 Å². The summed E-state index contributed by atoms with van der Waals surface area (Å²) in [5, 5.41) is 0. The normalized spacial score (nSPS) is 13.8. The number of hydrogen-bond donors (Lipinski definition) is 0. The molecule has 17 heavy (non-hydrogen) atoms. The van der Waals surface area contributed by atoms with Gasteiger partial charge in [-0.1, -0.05) is 60.8 Å². The standard InChI is InChI=1S/C12H30OSi2.2CH4/c1-6-8-10-12-15(5,11-9-7-2)13-14(3)4;;/h14H,6-12H2,1-5H3;2*1H4. The van der Waals surface area contributed by atoms with E-state index in [1.54, 1.807) is 0 Å². The Kier molecular flexibility index (Phi) is 17.0. The quantitative estimate of drug-likeness (QED) is 0.381. The number of unbranched alkanes of at least 4 members (excludes halogenated alkanes) is 3. The van der Waals surface area contributed by atoms with Gasteiger partial charge >= 0.3 is 0 Å². The van der Waals surface area contributed by atoms with Crippen LogP contribution in [0, 0.1) is 0 Å². The van der Waals surface area contributed by atoms with E-state index < -0.39 is 17.4 Å². The van der Waals surface area contributed by atoms with Gasteiger partial charge in [-0.05, 0) is 31.7 Å². The predicted molar refractivity (Wildman–Crippen MR) is 89.1 cm³/mol. The van der Waals surface area contributed by atoms with E-state index in [1.807, 2.05) is 0 Å². The highest BCUT2D eigenvalue weighted by Crippen LogP contribution is 2.24. The van der Waals surface area contributed by atoms with Crippen molar-refractivity contribution in [3.05, 3.63) is 0 Å². The van der Waals surface area contributed by atoms with Gasteiger partial charge in [-0.2, -0.15) is 0 Å². The van der Waals surface area contributed by atoms with Gasteiger partial charge in [0, 0.05) is 0 Å². The highest BCUT2D eigenvalue weighted by atomic mass is 28.4. The van der Waals surface area contributed by atoms with Crippen molar-refractivity contribution in [1.29, 1.82) is 0 Å². The Morgan fingerprint density at radius 2 is 1.35 bits per heavy atom. The van der Waals surface area contributed by atoms with Gasteiger partial charge in [-0.15, -0.1) is 0 Å². The molecule has 108 valence electrons. The smallest absolute Gasteiger partial charge is 0.176 e. The molecule has 0 radical (unpaired) electrons. The zero-order chi connectivity index (χ0) is 11.7. The fourth-order valence-corrected chi connectivity index (χ4v) is 9.96. The molecule has 0 bridgehead atoms. The van der Waals surface area contributed by atoms with Crippen LogP contribution in [0.2, 0.25) is 31.7 Å². The first-order valence-corrected chi connectivity index (χ1v) is 12.3. The number of rotatable bonds is 9. The third kappa shape index (κ3) is 12.6. The van der Waals surface area contributed by atoms with Gasteiger partial charge in [0.1, 0.15) is 0 Å². The Balaban J connectivity index is -0.000000980. The van der Waals surface area contributed by atoms with E-state index in [1.165, 1.54) is 44.2 Å². The lowest BCUT2D eigenvalue weighted by Gasteiger charge is -2.30. The second kappa shape index (κ2) is 12.8. The molecule has 1 atom stereocenters. The molecule has 1 unspecified atom stereocenters. The summed E-state index contributed by atoms with van der Waals surface area (Å²) in [6, 6.07) is 2.78. The third-order valence-corrected chi connectivity index (χ3v) is 9.87. The first-order valence-electron chi connectivity index (χ1n) is 6.72. The van der Waals surface area contributed by atoms with E-state index in [0.717, 1.165) is 0 Å². The van der Waals surface area contributed by atoms with Gasteiger partial charge in [0.25, 0.3) is 0 Å². The second-order valence-corrected chi connectivity index (χ2v) is 12.1. The summed E-state index contributed by atoms with van der Waals surface area (Å²) in [5.74, 6) is 0. The van der Waals surface area contributed by atoms with E-state index in [-0.39, 0.29) is 14.9 Å². The molecule has 0 aromatic rings. The maximum atomic E-state index is 6.36. The van der Waals surface area contributed by atoms with E-state index in [9.17, 15) is 0 Å². The molecule has 0 saturated heterocycles. The van der Waals surface area contributed by atoms with Gasteiger partial charge < -0.3 is 4.12 Å². The van der Waals surface area contributed by atoms with Crippen LogP contribution in [0.1, 0.15) is 60.8 Å². The van der Waals surface area contributed by atoms with Crippen LogP contribution in [0.25, 0.3) is 0 Å². The summed E-state index contributed by atoms with van der Waals surface area (Å²) in [6.45, 7) is 11.7. The van der Waals surface area contributed by atoms with Gasteiger partial charge in [0.2, 0.25) is 0 Å². The molecule has 0 aliphatic heterocycles. The molecule has 0 fully saturated rings. The highest BCUT2D eigenvalue weighted by Gasteiger charge is 2.28. The molecule has 0 saturated carbocycles.